The van der Waals surface area contributed by atoms with Crippen molar-refractivity contribution in [3.05, 3.63) is 63.6 Å². The third-order valence-corrected chi connectivity index (χ3v) is 5.87. The lowest BCUT2D eigenvalue weighted by Crippen LogP contribution is -2.54. The Kier molecular flexibility index (Phi) is 8.69. The first-order chi connectivity index (χ1) is 14.5. The zero-order valence-electron chi connectivity index (χ0n) is 19.3. The molecular weight excluding hydrogens is 456 g/mol. The van der Waals surface area contributed by atoms with E-state index in [0.717, 1.165) is 21.2 Å². The van der Waals surface area contributed by atoms with Crippen LogP contribution in [0.1, 0.15) is 50.8 Å². The van der Waals surface area contributed by atoms with Gasteiger partial charge in [-0.25, -0.2) is 0 Å². The number of aryl methyl sites for hydroxylation is 2. The highest BCUT2D eigenvalue weighted by Gasteiger charge is 2.31. The van der Waals surface area contributed by atoms with Crippen molar-refractivity contribution in [3.8, 4) is 5.75 Å². The number of benzene rings is 2. The maximum atomic E-state index is 13.3. The highest BCUT2D eigenvalue weighted by atomic mass is 79.9. The number of carbonyl (C=O) groups is 2. The Morgan fingerprint density at radius 1 is 1.10 bits per heavy atom. The van der Waals surface area contributed by atoms with Crippen molar-refractivity contribution in [2.24, 2.45) is 0 Å². The lowest BCUT2D eigenvalue weighted by Gasteiger charge is -2.33. The van der Waals surface area contributed by atoms with Crippen LogP contribution in [0.25, 0.3) is 0 Å². The summed E-state index contributed by atoms with van der Waals surface area (Å²) in [7, 11) is 0. The SMILES string of the molecule is CCC(C(=O)NC(C)(C)C)N(Cc1ccccc1C)C(=O)COc1ccc(Br)c(C)c1. The van der Waals surface area contributed by atoms with Crippen LogP contribution in [0.5, 0.6) is 5.75 Å². The average molecular weight is 489 g/mol. The van der Waals surface area contributed by atoms with Crippen molar-refractivity contribution in [2.75, 3.05) is 6.61 Å². The Hall–Kier alpha value is -2.34. The van der Waals surface area contributed by atoms with Gasteiger partial charge in [0, 0.05) is 16.6 Å². The minimum Gasteiger partial charge on any atom is -0.484 e. The zero-order chi connectivity index (χ0) is 23.2. The van der Waals surface area contributed by atoms with Gasteiger partial charge in [-0.2, -0.15) is 0 Å². The van der Waals surface area contributed by atoms with Crippen LogP contribution in [0.4, 0.5) is 0 Å². The molecule has 0 aliphatic heterocycles. The quantitative estimate of drug-likeness (QED) is 0.557. The van der Waals surface area contributed by atoms with E-state index >= 15 is 0 Å². The molecule has 1 unspecified atom stereocenters. The number of nitrogens with one attached hydrogen (secondary N) is 1. The van der Waals surface area contributed by atoms with Crippen molar-refractivity contribution in [3.63, 3.8) is 0 Å². The van der Waals surface area contributed by atoms with Gasteiger partial charge in [-0.3, -0.25) is 9.59 Å². The minimum absolute atomic E-state index is 0.133. The molecule has 0 bridgehead atoms. The van der Waals surface area contributed by atoms with Gasteiger partial charge < -0.3 is 15.0 Å². The molecule has 2 aromatic carbocycles. The molecule has 0 aliphatic rings. The minimum atomic E-state index is -0.582. The van der Waals surface area contributed by atoms with Crippen LogP contribution in [0.3, 0.4) is 0 Å². The summed E-state index contributed by atoms with van der Waals surface area (Å²) in [4.78, 5) is 27.9. The number of halogens is 1. The second kappa shape index (κ2) is 10.8. The van der Waals surface area contributed by atoms with Gasteiger partial charge >= 0.3 is 0 Å². The molecule has 0 heterocycles. The summed E-state index contributed by atoms with van der Waals surface area (Å²) in [6.45, 7) is 11.9. The number of carbonyl (C=O) groups excluding carboxylic acids is 2. The van der Waals surface area contributed by atoms with E-state index in [2.05, 4.69) is 21.2 Å². The lowest BCUT2D eigenvalue weighted by atomic mass is 10.0. The predicted octanol–water partition coefficient (Wildman–Crippen LogP) is 5.17. The van der Waals surface area contributed by atoms with Gasteiger partial charge in [0.05, 0.1) is 0 Å². The summed E-state index contributed by atoms with van der Waals surface area (Å²) in [5.41, 5.74) is 2.73. The van der Waals surface area contributed by atoms with E-state index in [4.69, 9.17) is 4.74 Å². The van der Waals surface area contributed by atoms with Crippen LogP contribution in [0, 0.1) is 13.8 Å². The molecule has 2 aromatic rings. The Morgan fingerprint density at radius 2 is 1.77 bits per heavy atom. The van der Waals surface area contributed by atoms with Crippen molar-refractivity contribution >= 4 is 27.7 Å². The maximum Gasteiger partial charge on any atom is 0.261 e. The van der Waals surface area contributed by atoms with Gasteiger partial charge in [0.2, 0.25) is 5.91 Å². The van der Waals surface area contributed by atoms with E-state index in [9.17, 15) is 9.59 Å². The Labute approximate surface area is 194 Å². The summed E-state index contributed by atoms with van der Waals surface area (Å²) >= 11 is 3.47. The van der Waals surface area contributed by atoms with Gasteiger partial charge in [-0.15, -0.1) is 0 Å². The number of nitrogens with zero attached hydrogens (tertiary/aromatic N) is 1. The van der Waals surface area contributed by atoms with Crippen molar-refractivity contribution in [1.82, 2.24) is 10.2 Å². The molecule has 31 heavy (non-hydrogen) atoms. The number of hydrogen-bond donors (Lipinski definition) is 1. The molecule has 5 nitrogen and oxygen atoms in total. The van der Waals surface area contributed by atoms with Gasteiger partial charge in [-0.05, 0) is 75.9 Å². The predicted molar refractivity (Wildman–Crippen MR) is 128 cm³/mol. The number of amides is 2. The van der Waals surface area contributed by atoms with Crippen molar-refractivity contribution in [1.29, 1.82) is 0 Å². The van der Waals surface area contributed by atoms with E-state index in [1.54, 1.807) is 4.90 Å². The highest BCUT2D eigenvalue weighted by molar-refractivity contribution is 9.10. The smallest absolute Gasteiger partial charge is 0.261 e. The van der Waals surface area contributed by atoms with Crippen LogP contribution in [0.2, 0.25) is 0 Å². The fraction of sp³-hybridized carbons (Fsp3) is 0.440. The number of ether oxygens (including phenoxy) is 1. The summed E-state index contributed by atoms with van der Waals surface area (Å²) in [5, 5.41) is 3.01. The Morgan fingerprint density at radius 3 is 2.35 bits per heavy atom. The van der Waals surface area contributed by atoms with Crippen LogP contribution in [-0.4, -0.2) is 34.9 Å². The van der Waals surface area contributed by atoms with Crippen LogP contribution < -0.4 is 10.1 Å². The molecule has 1 N–H and O–H groups in total. The molecule has 0 spiro atoms. The summed E-state index contributed by atoms with van der Waals surface area (Å²) in [5.74, 6) is 0.244. The molecular formula is C25H33BrN2O3. The molecule has 0 fully saturated rings. The second-order valence-corrected chi connectivity index (χ2v) is 9.67. The van der Waals surface area contributed by atoms with Gasteiger partial charge in [0.25, 0.3) is 5.91 Å². The van der Waals surface area contributed by atoms with E-state index in [-0.39, 0.29) is 24.0 Å². The molecule has 168 valence electrons. The topological polar surface area (TPSA) is 58.6 Å². The summed E-state index contributed by atoms with van der Waals surface area (Å²) in [6, 6.07) is 12.9. The first kappa shape index (κ1) is 24.9. The standard InChI is InChI=1S/C25H33BrN2O3/c1-7-22(24(30)27-25(4,5)6)28(15-19-11-9-8-10-17(19)2)23(29)16-31-20-12-13-21(26)18(3)14-20/h8-14,22H,7,15-16H2,1-6H3,(H,27,30). The van der Waals surface area contributed by atoms with Crippen molar-refractivity contribution in [2.45, 2.75) is 66.1 Å². The molecule has 0 aliphatic carbocycles. The average Bonchev–Trinajstić information content (AvgIpc) is 2.68. The van der Waals surface area contributed by atoms with Crippen LogP contribution in [-0.2, 0) is 16.1 Å². The molecule has 1 atom stereocenters. The van der Waals surface area contributed by atoms with E-state index in [0.29, 0.717) is 18.7 Å². The number of rotatable bonds is 8. The van der Waals surface area contributed by atoms with Crippen LogP contribution >= 0.6 is 15.9 Å². The van der Waals surface area contributed by atoms with Gasteiger partial charge in [0.1, 0.15) is 11.8 Å². The largest absolute Gasteiger partial charge is 0.484 e. The maximum absolute atomic E-state index is 13.3. The molecule has 6 heteroatoms. The first-order valence-corrected chi connectivity index (χ1v) is 11.4. The zero-order valence-corrected chi connectivity index (χ0v) is 20.9. The third kappa shape index (κ3) is 7.39. The fourth-order valence-corrected chi connectivity index (χ4v) is 3.52. The summed E-state index contributed by atoms with van der Waals surface area (Å²) < 4.78 is 6.77. The molecule has 2 rings (SSSR count). The normalized spacial score (nSPS) is 12.2. The lowest BCUT2D eigenvalue weighted by molar-refractivity contribution is -0.143. The fourth-order valence-electron chi connectivity index (χ4n) is 3.28. The monoisotopic (exact) mass is 488 g/mol. The highest BCUT2D eigenvalue weighted by Crippen LogP contribution is 2.22. The van der Waals surface area contributed by atoms with E-state index in [1.165, 1.54) is 0 Å². The number of hydrogen-bond acceptors (Lipinski definition) is 3. The van der Waals surface area contributed by atoms with Crippen LogP contribution in [0.15, 0.2) is 46.9 Å². The molecule has 0 saturated carbocycles. The van der Waals surface area contributed by atoms with Gasteiger partial charge in [-0.1, -0.05) is 47.1 Å². The Balaban J connectivity index is 2.26. The van der Waals surface area contributed by atoms with E-state index < -0.39 is 6.04 Å². The van der Waals surface area contributed by atoms with Crippen molar-refractivity contribution < 1.29 is 14.3 Å². The molecule has 0 saturated heterocycles. The first-order valence-electron chi connectivity index (χ1n) is 10.6. The van der Waals surface area contributed by atoms with Gasteiger partial charge in [0.15, 0.2) is 6.61 Å². The molecule has 2 amide bonds. The Bertz CT molecular complexity index is 921. The summed E-state index contributed by atoms with van der Waals surface area (Å²) in [6.07, 6.45) is 0.511. The van der Waals surface area contributed by atoms with E-state index in [1.807, 2.05) is 84.0 Å². The molecule has 0 aromatic heterocycles. The molecule has 0 radical (unpaired) electrons. The second-order valence-electron chi connectivity index (χ2n) is 8.81. The third-order valence-electron chi connectivity index (χ3n) is 4.98.